The van der Waals surface area contributed by atoms with Crippen molar-refractivity contribution in [1.82, 2.24) is 14.5 Å². The molecule has 1 aliphatic heterocycles. The number of aromatic nitrogens is 2. The summed E-state index contributed by atoms with van der Waals surface area (Å²) in [5.74, 6) is 0.501. The van der Waals surface area contributed by atoms with E-state index in [0.717, 1.165) is 58.2 Å². The Morgan fingerprint density at radius 1 is 0.914 bits per heavy atom. The molecule has 3 heterocycles. The lowest BCUT2D eigenvalue weighted by atomic mass is 9.95. The van der Waals surface area contributed by atoms with Crippen LogP contribution in [0.4, 0.5) is 0 Å². The Bertz CT molecular complexity index is 1480. The Labute approximate surface area is 204 Å². The number of methoxy groups -OCH3 is 1. The molecule has 2 aliphatic rings. The molecule has 6 rings (SSSR count). The van der Waals surface area contributed by atoms with Gasteiger partial charge in [-0.2, -0.15) is 0 Å². The van der Waals surface area contributed by atoms with Gasteiger partial charge in [-0.3, -0.25) is 9.59 Å². The SMILES string of the molecule is COc1ccc2c(c1)c(C1=C(c3c[nH]c4ccccc34)C(=O)CC1=O)cn2CCCN1CCCC1. The molecule has 0 amide bonds. The van der Waals surface area contributed by atoms with Gasteiger partial charge in [0.05, 0.1) is 13.5 Å². The summed E-state index contributed by atoms with van der Waals surface area (Å²) in [6, 6.07) is 13.9. The fourth-order valence-electron chi connectivity index (χ4n) is 5.71. The van der Waals surface area contributed by atoms with Gasteiger partial charge in [-0.15, -0.1) is 0 Å². The first kappa shape index (κ1) is 21.9. The first-order chi connectivity index (χ1) is 17.1. The molecule has 35 heavy (non-hydrogen) atoms. The number of hydrogen-bond donors (Lipinski definition) is 1. The van der Waals surface area contributed by atoms with Crippen LogP contribution in [0, 0.1) is 0 Å². The topological polar surface area (TPSA) is 67.3 Å². The maximum atomic E-state index is 13.3. The second-order valence-corrected chi connectivity index (χ2v) is 9.54. The van der Waals surface area contributed by atoms with Crippen molar-refractivity contribution >= 4 is 44.5 Å². The standard InChI is InChI=1S/C29H29N3O3/c1-35-19-9-10-25-21(15-19)23(18-32(25)14-6-13-31-11-4-5-12-31)29-27(34)16-26(33)28(29)22-17-30-24-8-3-2-7-20(22)24/h2-3,7-10,15,17-18,30H,4-6,11-14,16H2,1H3. The van der Waals surface area contributed by atoms with Crippen LogP contribution in [0.25, 0.3) is 33.0 Å². The van der Waals surface area contributed by atoms with Gasteiger partial charge in [0.1, 0.15) is 5.75 Å². The number of aryl methyl sites for hydroxylation is 1. The number of H-pyrrole nitrogens is 1. The third-order valence-corrected chi connectivity index (χ3v) is 7.42. The molecule has 6 heteroatoms. The number of aromatic amines is 1. The van der Waals surface area contributed by atoms with Gasteiger partial charge in [0, 0.05) is 63.0 Å². The zero-order chi connectivity index (χ0) is 23.9. The monoisotopic (exact) mass is 467 g/mol. The van der Waals surface area contributed by atoms with Gasteiger partial charge in [0.25, 0.3) is 0 Å². The number of Topliss-reactive ketones (excluding diaryl/α,β-unsaturated/α-hetero) is 2. The molecule has 2 aromatic heterocycles. The maximum absolute atomic E-state index is 13.3. The number of likely N-dealkylation sites (tertiary alicyclic amines) is 1. The number of carbonyl (C=O) groups is 2. The van der Waals surface area contributed by atoms with Crippen LogP contribution in [0.1, 0.15) is 36.8 Å². The molecule has 2 aromatic carbocycles. The summed E-state index contributed by atoms with van der Waals surface area (Å²) < 4.78 is 7.75. The number of ketones is 2. The first-order valence-corrected chi connectivity index (χ1v) is 12.4. The summed E-state index contributed by atoms with van der Waals surface area (Å²) in [7, 11) is 1.65. The third-order valence-electron chi connectivity index (χ3n) is 7.42. The Balaban J connectivity index is 1.48. The normalized spacial score (nSPS) is 16.9. The highest BCUT2D eigenvalue weighted by atomic mass is 16.5. The minimum atomic E-state index is -0.118. The van der Waals surface area contributed by atoms with E-state index in [0.29, 0.717) is 11.1 Å². The fraction of sp³-hybridized carbons (Fsp3) is 0.310. The zero-order valence-electron chi connectivity index (χ0n) is 20.0. The number of rotatable bonds is 7. The number of ether oxygens (including phenoxy) is 1. The number of nitrogens with one attached hydrogen (secondary N) is 1. The predicted octanol–water partition coefficient (Wildman–Crippen LogP) is 5.07. The van der Waals surface area contributed by atoms with E-state index in [2.05, 4.69) is 26.7 Å². The number of benzene rings is 2. The largest absolute Gasteiger partial charge is 0.497 e. The second kappa shape index (κ2) is 8.86. The van der Waals surface area contributed by atoms with Crippen LogP contribution >= 0.6 is 0 Å². The summed E-state index contributed by atoms with van der Waals surface area (Å²) in [6.07, 6.45) is 7.45. The molecule has 1 fully saturated rings. The van der Waals surface area contributed by atoms with E-state index in [-0.39, 0.29) is 18.0 Å². The molecule has 6 nitrogen and oxygen atoms in total. The van der Waals surface area contributed by atoms with E-state index in [9.17, 15) is 9.59 Å². The van der Waals surface area contributed by atoms with Gasteiger partial charge in [-0.1, -0.05) is 18.2 Å². The van der Waals surface area contributed by atoms with Gasteiger partial charge in [0.15, 0.2) is 11.6 Å². The molecule has 0 atom stereocenters. The maximum Gasteiger partial charge on any atom is 0.172 e. The summed E-state index contributed by atoms with van der Waals surface area (Å²) in [5, 5.41) is 1.90. The van der Waals surface area contributed by atoms with Crippen LogP contribution in [0.5, 0.6) is 5.75 Å². The quantitative estimate of drug-likeness (QED) is 0.386. The number of nitrogens with zero attached hydrogens (tertiary/aromatic N) is 2. The molecule has 4 aromatic rings. The number of fused-ring (bicyclic) bond motifs is 2. The van der Waals surface area contributed by atoms with Gasteiger partial charge in [-0.05, 0) is 63.2 Å². The van der Waals surface area contributed by atoms with Crippen LogP contribution in [0.3, 0.4) is 0 Å². The lowest BCUT2D eigenvalue weighted by Crippen LogP contribution is -2.21. The molecule has 0 spiro atoms. The first-order valence-electron chi connectivity index (χ1n) is 12.4. The molecule has 0 bridgehead atoms. The van der Waals surface area contributed by atoms with E-state index in [1.807, 2.05) is 42.6 Å². The average molecular weight is 468 g/mol. The molecule has 1 saturated heterocycles. The smallest absolute Gasteiger partial charge is 0.172 e. The molecule has 0 unspecified atom stereocenters. The lowest BCUT2D eigenvalue weighted by Gasteiger charge is -2.14. The number of carbonyl (C=O) groups excluding carboxylic acids is 2. The van der Waals surface area contributed by atoms with Crippen molar-refractivity contribution < 1.29 is 14.3 Å². The number of allylic oxidation sites excluding steroid dienone is 2. The van der Waals surface area contributed by atoms with Gasteiger partial charge < -0.3 is 19.2 Å². The molecule has 0 saturated carbocycles. The fourth-order valence-corrected chi connectivity index (χ4v) is 5.71. The summed E-state index contributed by atoms with van der Waals surface area (Å²) >= 11 is 0. The Hall–Kier alpha value is -3.64. The second-order valence-electron chi connectivity index (χ2n) is 9.54. The molecule has 1 aliphatic carbocycles. The summed E-state index contributed by atoms with van der Waals surface area (Å²) in [4.78, 5) is 32.2. The minimum Gasteiger partial charge on any atom is -0.497 e. The average Bonchev–Trinajstić information content (AvgIpc) is 3.65. The van der Waals surface area contributed by atoms with Gasteiger partial charge in [0.2, 0.25) is 0 Å². The van der Waals surface area contributed by atoms with Crippen molar-refractivity contribution in [2.45, 2.75) is 32.2 Å². The summed E-state index contributed by atoms with van der Waals surface area (Å²) in [6.45, 7) is 4.31. The molecule has 1 N–H and O–H groups in total. The minimum absolute atomic E-state index is 0.0875. The van der Waals surface area contributed by atoms with Crippen molar-refractivity contribution in [3.05, 3.63) is 66.0 Å². The third kappa shape index (κ3) is 3.78. The van der Waals surface area contributed by atoms with Crippen molar-refractivity contribution in [2.24, 2.45) is 0 Å². The van der Waals surface area contributed by atoms with Crippen molar-refractivity contribution in [2.75, 3.05) is 26.7 Å². The lowest BCUT2D eigenvalue weighted by molar-refractivity contribution is -0.119. The van der Waals surface area contributed by atoms with Gasteiger partial charge >= 0.3 is 0 Å². The highest BCUT2D eigenvalue weighted by molar-refractivity contribution is 6.52. The van der Waals surface area contributed by atoms with Crippen molar-refractivity contribution in [3.8, 4) is 5.75 Å². The van der Waals surface area contributed by atoms with Crippen LogP contribution in [0.15, 0.2) is 54.9 Å². The van der Waals surface area contributed by atoms with Crippen LogP contribution < -0.4 is 4.74 Å². The van der Waals surface area contributed by atoms with E-state index >= 15 is 0 Å². The Morgan fingerprint density at radius 3 is 2.49 bits per heavy atom. The molecular weight excluding hydrogens is 438 g/mol. The zero-order valence-corrected chi connectivity index (χ0v) is 20.0. The highest BCUT2D eigenvalue weighted by Gasteiger charge is 2.35. The highest BCUT2D eigenvalue weighted by Crippen LogP contribution is 2.41. The summed E-state index contributed by atoms with van der Waals surface area (Å²) in [5.41, 5.74) is 4.66. The Morgan fingerprint density at radius 2 is 1.69 bits per heavy atom. The van der Waals surface area contributed by atoms with Crippen molar-refractivity contribution in [3.63, 3.8) is 0 Å². The Kier molecular flexibility index (Phi) is 5.53. The molecule has 0 radical (unpaired) electrons. The molecular formula is C29H29N3O3. The van der Waals surface area contributed by atoms with Gasteiger partial charge in [-0.25, -0.2) is 0 Å². The van der Waals surface area contributed by atoms with Crippen LogP contribution in [-0.4, -0.2) is 52.8 Å². The van der Waals surface area contributed by atoms with E-state index in [1.54, 1.807) is 7.11 Å². The van der Waals surface area contributed by atoms with Crippen LogP contribution in [0.2, 0.25) is 0 Å². The van der Waals surface area contributed by atoms with E-state index in [4.69, 9.17) is 4.74 Å². The number of para-hydroxylation sites is 1. The predicted molar refractivity (Wildman–Crippen MR) is 139 cm³/mol. The van der Waals surface area contributed by atoms with E-state index in [1.165, 1.54) is 25.9 Å². The van der Waals surface area contributed by atoms with Crippen molar-refractivity contribution in [1.29, 1.82) is 0 Å². The van der Waals surface area contributed by atoms with Crippen LogP contribution in [-0.2, 0) is 16.1 Å². The van der Waals surface area contributed by atoms with E-state index < -0.39 is 0 Å². The molecule has 178 valence electrons. The number of hydrogen-bond acceptors (Lipinski definition) is 4.